The molecule has 0 radical (unpaired) electrons. The third kappa shape index (κ3) is 2.25. The maximum atomic E-state index is 9.10. The van der Waals surface area contributed by atoms with Crippen LogP contribution in [0.15, 0.2) is 18.2 Å². The number of aliphatic hydroxyl groups excluding tert-OH is 1. The monoisotopic (exact) mass is 240 g/mol. The third-order valence-electron chi connectivity index (χ3n) is 3.16. The minimum absolute atomic E-state index is 0.151. The summed E-state index contributed by atoms with van der Waals surface area (Å²) in [4.78, 5) is 2.19. The Labute approximate surface area is 101 Å². The summed E-state index contributed by atoms with van der Waals surface area (Å²) in [5.74, 6) is 0. The topological polar surface area (TPSA) is 49.5 Å². The summed E-state index contributed by atoms with van der Waals surface area (Å²) in [7, 11) is 0. The number of anilines is 2. The van der Waals surface area contributed by atoms with Crippen LogP contribution < -0.4 is 10.6 Å². The van der Waals surface area contributed by atoms with Gasteiger partial charge in [0.25, 0.3) is 0 Å². The van der Waals surface area contributed by atoms with Crippen molar-refractivity contribution in [3.63, 3.8) is 0 Å². The van der Waals surface area contributed by atoms with Gasteiger partial charge in [-0.05, 0) is 37.5 Å². The fraction of sp³-hybridized carbons (Fsp3) is 0.500. The van der Waals surface area contributed by atoms with E-state index in [4.69, 9.17) is 22.4 Å². The molecule has 1 fully saturated rings. The molecule has 4 heteroatoms. The maximum Gasteiger partial charge on any atom is 0.0606 e. The average molecular weight is 241 g/mol. The van der Waals surface area contributed by atoms with E-state index in [0.717, 1.165) is 5.69 Å². The number of nitrogens with two attached hydrogens (primary N) is 1. The standard InChI is InChI=1S/C12H17ClN2O/c13-9-4-5-12(11(14)8-9)15(6-7-16)10-2-1-3-10/h4-5,8,10,16H,1-3,6-7,14H2. The van der Waals surface area contributed by atoms with Gasteiger partial charge in [0.1, 0.15) is 0 Å². The molecule has 1 saturated carbocycles. The van der Waals surface area contributed by atoms with E-state index in [2.05, 4.69) is 4.90 Å². The summed E-state index contributed by atoms with van der Waals surface area (Å²) in [6.07, 6.45) is 3.63. The Bertz CT molecular complexity index is 366. The molecule has 0 heterocycles. The highest BCUT2D eigenvalue weighted by atomic mass is 35.5. The Kier molecular flexibility index (Phi) is 3.56. The molecule has 88 valence electrons. The van der Waals surface area contributed by atoms with Gasteiger partial charge >= 0.3 is 0 Å². The van der Waals surface area contributed by atoms with Gasteiger partial charge in [0.05, 0.1) is 18.0 Å². The number of hydrogen-bond donors (Lipinski definition) is 2. The normalized spacial score (nSPS) is 15.9. The fourth-order valence-electron chi connectivity index (χ4n) is 2.09. The van der Waals surface area contributed by atoms with Crippen molar-refractivity contribution < 1.29 is 5.11 Å². The zero-order chi connectivity index (χ0) is 11.5. The van der Waals surface area contributed by atoms with Crippen LogP contribution in [-0.2, 0) is 0 Å². The van der Waals surface area contributed by atoms with E-state index in [9.17, 15) is 0 Å². The van der Waals surface area contributed by atoms with E-state index in [0.29, 0.717) is 23.3 Å². The molecule has 3 N–H and O–H groups in total. The predicted octanol–water partition coefficient (Wildman–Crippen LogP) is 2.27. The Morgan fingerprint density at radius 1 is 1.44 bits per heavy atom. The second-order valence-corrected chi connectivity index (χ2v) is 4.64. The summed E-state index contributed by atoms with van der Waals surface area (Å²) >= 11 is 5.88. The molecule has 0 spiro atoms. The Hall–Kier alpha value is -0.930. The Morgan fingerprint density at radius 3 is 2.69 bits per heavy atom. The number of hydrogen-bond acceptors (Lipinski definition) is 3. The predicted molar refractivity (Wildman–Crippen MR) is 67.9 cm³/mol. The number of aliphatic hydroxyl groups is 1. The molecule has 1 aromatic carbocycles. The fourth-order valence-corrected chi connectivity index (χ4v) is 2.27. The zero-order valence-corrected chi connectivity index (χ0v) is 9.95. The lowest BCUT2D eigenvalue weighted by Gasteiger charge is -2.39. The summed E-state index contributed by atoms with van der Waals surface area (Å²) in [5, 5.41) is 9.76. The number of nitrogens with zero attached hydrogens (tertiary/aromatic N) is 1. The van der Waals surface area contributed by atoms with Gasteiger partial charge in [-0.2, -0.15) is 0 Å². The minimum Gasteiger partial charge on any atom is -0.397 e. The second-order valence-electron chi connectivity index (χ2n) is 4.20. The van der Waals surface area contributed by atoms with Crippen molar-refractivity contribution in [3.05, 3.63) is 23.2 Å². The van der Waals surface area contributed by atoms with Crippen LogP contribution in [0.2, 0.25) is 5.02 Å². The smallest absolute Gasteiger partial charge is 0.0606 e. The van der Waals surface area contributed by atoms with Crippen molar-refractivity contribution in [1.82, 2.24) is 0 Å². The number of rotatable bonds is 4. The molecule has 3 nitrogen and oxygen atoms in total. The van der Waals surface area contributed by atoms with E-state index in [1.165, 1.54) is 19.3 Å². The molecule has 2 rings (SSSR count). The molecule has 0 bridgehead atoms. The van der Waals surface area contributed by atoms with Crippen molar-refractivity contribution in [2.45, 2.75) is 25.3 Å². The molecule has 0 unspecified atom stereocenters. The second kappa shape index (κ2) is 4.93. The van der Waals surface area contributed by atoms with Gasteiger partial charge in [-0.25, -0.2) is 0 Å². The lowest BCUT2D eigenvalue weighted by molar-refractivity contribution is 0.284. The van der Waals surface area contributed by atoms with Crippen LogP contribution >= 0.6 is 11.6 Å². The first-order valence-electron chi connectivity index (χ1n) is 5.65. The van der Waals surface area contributed by atoms with Crippen molar-refractivity contribution >= 4 is 23.0 Å². The highest BCUT2D eigenvalue weighted by Crippen LogP contribution is 2.33. The van der Waals surface area contributed by atoms with E-state index in [1.807, 2.05) is 12.1 Å². The van der Waals surface area contributed by atoms with Crippen LogP contribution in [0, 0.1) is 0 Å². The van der Waals surface area contributed by atoms with Crippen molar-refractivity contribution in [2.75, 3.05) is 23.8 Å². The zero-order valence-electron chi connectivity index (χ0n) is 9.19. The van der Waals surface area contributed by atoms with Crippen LogP contribution in [0.25, 0.3) is 0 Å². The molecule has 1 aliphatic rings. The van der Waals surface area contributed by atoms with Gasteiger partial charge in [0.15, 0.2) is 0 Å². The minimum atomic E-state index is 0.151. The van der Waals surface area contributed by atoms with Crippen molar-refractivity contribution in [3.8, 4) is 0 Å². The van der Waals surface area contributed by atoms with E-state index < -0.39 is 0 Å². The van der Waals surface area contributed by atoms with Gasteiger partial charge in [-0.1, -0.05) is 11.6 Å². The number of halogens is 1. The van der Waals surface area contributed by atoms with Crippen LogP contribution in [0.4, 0.5) is 11.4 Å². The molecule has 0 saturated heterocycles. The molecule has 0 aliphatic heterocycles. The molecular weight excluding hydrogens is 224 g/mol. The highest BCUT2D eigenvalue weighted by molar-refractivity contribution is 6.31. The Balaban J connectivity index is 2.23. The first kappa shape index (κ1) is 11.6. The van der Waals surface area contributed by atoms with Crippen molar-refractivity contribution in [1.29, 1.82) is 0 Å². The van der Waals surface area contributed by atoms with Gasteiger partial charge in [0.2, 0.25) is 0 Å². The van der Waals surface area contributed by atoms with Gasteiger partial charge < -0.3 is 15.7 Å². The summed E-state index contributed by atoms with van der Waals surface area (Å²) in [6, 6.07) is 6.07. The van der Waals surface area contributed by atoms with Crippen LogP contribution in [0.5, 0.6) is 0 Å². The summed E-state index contributed by atoms with van der Waals surface area (Å²) in [5.41, 5.74) is 7.64. The van der Waals surface area contributed by atoms with E-state index in [-0.39, 0.29) is 6.61 Å². The van der Waals surface area contributed by atoms with Crippen LogP contribution in [0.3, 0.4) is 0 Å². The molecule has 0 aromatic heterocycles. The summed E-state index contributed by atoms with van der Waals surface area (Å²) < 4.78 is 0. The highest BCUT2D eigenvalue weighted by Gasteiger charge is 2.25. The van der Waals surface area contributed by atoms with Gasteiger partial charge in [-0.15, -0.1) is 0 Å². The molecule has 1 aromatic rings. The molecular formula is C12H17ClN2O. The number of benzene rings is 1. The lowest BCUT2D eigenvalue weighted by Crippen LogP contribution is -2.42. The average Bonchev–Trinajstić information content (AvgIpc) is 2.14. The Morgan fingerprint density at radius 2 is 2.19 bits per heavy atom. The quantitative estimate of drug-likeness (QED) is 0.794. The van der Waals surface area contributed by atoms with Gasteiger partial charge in [0, 0.05) is 17.6 Å². The molecule has 16 heavy (non-hydrogen) atoms. The third-order valence-corrected chi connectivity index (χ3v) is 3.39. The van der Waals surface area contributed by atoms with Crippen LogP contribution in [0.1, 0.15) is 19.3 Å². The first-order valence-corrected chi connectivity index (χ1v) is 6.02. The lowest BCUT2D eigenvalue weighted by atomic mass is 9.91. The first-order chi connectivity index (χ1) is 7.72. The van der Waals surface area contributed by atoms with Crippen LogP contribution in [-0.4, -0.2) is 24.3 Å². The molecule has 0 amide bonds. The van der Waals surface area contributed by atoms with Gasteiger partial charge in [-0.3, -0.25) is 0 Å². The van der Waals surface area contributed by atoms with Crippen molar-refractivity contribution in [2.24, 2.45) is 0 Å². The van der Waals surface area contributed by atoms with E-state index >= 15 is 0 Å². The SMILES string of the molecule is Nc1cc(Cl)ccc1N(CCO)C1CCC1. The summed E-state index contributed by atoms with van der Waals surface area (Å²) in [6.45, 7) is 0.787. The molecule has 0 atom stereocenters. The number of nitrogen functional groups attached to an aromatic ring is 1. The maximum absolute atomic E-state index is 9.10. The largest absolute Gasteiger partial charge is 0.397 e. The molecule has 1 aliphatic carbocycles. The van der Waals surface area contributed by atoms with E-state index in [1.54, 1.807) is 6.07 Å².